The molecule has 1 amide bonds. The monoisotopic (exact) mass is 390 g/mol. The molecular weight excluding hydrogens is 368 g/mol. The smallest absolute Gasteiger partial charge is 0.272 e. The Labute approximate surface area is 161 Å². The molecule has 1 aromatic carbocycles. The van der Waals surface area contributed by atoms with Gasteiger partial charge in [0, 0.05) is 13.1 Å². The van der Waals surface area contributed by atoms with E-state index in [1.807, 2.05) is 46.1 Å². The fourth-order valence-corrected chi connectivity index (χ4v) is 4.46. The largest absolute Gasteiger partial charge is 0.497 e. The maximum absolute atomic E-state index is 13.2. The summed E-state index contributed by atoms with van der Waals surface area (Å²) in [5.41, 5.74) is 1.64. The molecule has 0 aliphatic carbocycles. The summed E-state index contributed by atoms with van der Waals surface area (Å²) in [6.07, 6.45) is 0. The molecule has 0 radical (unpaired) electrons. The van der Waals surface area contributed by atoms with Gasteiger partial charge in [-0.25, -0.2) is 9.97 Å². The third-order valence-electron chi connectivity index (χ3n) is 3.93. The quantitative estimate of drug-likeness (QED) is 0.644. The number of benzene rings is 1. The highest BCUT2D eigenvalue weighted by Gasteiger charge is 2.25. The van der Waals surface area contributed by atoms with Gasteiger partial charge in [-0.05, 0) is 46.1 Å². The topological polar surface area (TPSA) is 58.6 Å². The first kappa shape index (κ1) is 18.8. The summed E-state index contributed by atoms with van der Waals surface area (Å²) in [6.45, 7) is 5.12. The van der Waals surface area contributed by atoms with E-state index in [0.29, 0.717) is 16.6 Å². The van der Waals surface area contributed by atoms with Crippen molar-refractivity contribution in [2.24, 2.45) is 0 Å². The number of likely N-dealkylation sites (N-methyl/N-ethyl adjacent to an activating group) is 1. The Hall–Kier alpha value is -2.03. The molecule has 26 heavy (non-hydrogen) atoms. The number of aryl methyl sites for hydroxylation is 2. The summed E-state index contributed by atoms with van der Waals surface area (Å²) in [6, 6.07) is 5.76. The van der Waals surface area contributed by atoms with Crippen LogP contribution in [-0.2, 0) is 0 Å². The van der Waals surface area contributed by atoms with E-state index in [2.05, 4.69) is 14.9 Å². The molecule has 3 rings (SSSR count). The molecule has 3 aromatic rings. The minimum atomic E-state index is -0.0408. The Bertz CT molecular complexity index is 933. The van der Waals surface area contributed by atoms with Crippen LogP contribution in [0, 0.1) is 13.8 Å². The molecule has 2 aromatic heterocycles. The number of nitrogens with zero attached hydrogens (tertiary/aromatic N) is 4. The molecule has 138 valence electrons. The van der Waals surface area contributed by atoms with Gasteiger partial charge in [0.2, 0.25) is 0 Å². The molecule has 0 saturated heterocycles. The van der Waals surface area contributed by atoms with E-state index in [9.17, 15) is 4.79 Å². The van der Waals surface area contributed by atoms with E-state index in [0.717, 1.165) is 33.2 Å². The van der Waals surface area contributed by atoms with E-state index in [1.54, 1.807) is 12.0 Å². The molecule has 0 spiro atoms. The number of aromatic nitrogens is 2. The predicted octanol–water partition coefficient (Wildman–Crippen LogP) is 3.59. The lowest BCUT2D eigenvalue weighted by Crippen LogP contribution is -2.36. The lowest BCUT2D eigenvalue weighted by Gasteiger charge is -2.21. The Morgan fingerprint density at radius 2 is 1.92 bits per heavy atom. The number of rotatable bonds is 6. The maximum atomic E-state index is 13.2. The zero-order valence-corrected chi connectivity index (χ0v) is 17.2. The van der Waals surface area contributed by atoms with Crippen LogP contribution in [0.5, 0.6) is 5.75 Å². The van der Waals surface area contributed by atoms with Crippen molar-refractivity contribution in [2.45, 2.75) is 13.8 Å². The number of fused-ring (bicyclic) bond motifs is 1. The van der Waals surface area contributed by atoms with Crippen molar-refractivity contribution >= 4 is 43.9 Å². The molecular formula is C18H22N4O2S2. The van der Waals surface area contributed by atoms with Crippen molar-refractivity contribution in [3.05, 3.63) is 33.8 Å². The fourth-order valence-electron chi connectivity index (χ4n) is 2.57. The second kappa shape index (κ2) is 7.69. The normalized spacial score (nSPS) is 11.3. The second-order valence-corrected chi connectivity index (χ2v) is 8.45. The maximum Gasteiger partial charge on any atom is 0.272 e. The van der Waals surface area contributed by atoms with Crippen LogP contribution < -0.4 is 9.64 Å². The zero-order valence-electron chi connectivity index (χ0n) is 15.6. The van der Waals surface area contributed by atoms with Crippen LogP contribution in [0.3, 0.4) is 0 Å². The number of hydrogen-bond donors (Lipinski definition) is 0. The van der Waals surface area contributed by atoms with Crippen molar-refractivity contribution in [1.82, 2.24) is 14.9 Å². The molecule has 0 fully saturated rings. The molecule has 0 atom stereocenters. The van der Waals surface area contributed by atoms with Crippen LogP contribution in [0.25, 0.3) is 10.2 Å². The number of amides is 1. The van der Waals surface area contributed by atoms with Gasteiger partial charge in [0.25, 0.3) is 5.91 Å². The first-order valence-electron chi connectivity index (χ1n) is 8.24. The third kappa shape index (κ3) is 3.87. The molecule has 8 heteroatoms. The van der Waals surface area contributed by atoms with E-state index >= 15 is 0 Å². The van der Waals surface area contributed by atoms with Crippen LogP contribution in [0.4, 0.5) is 5.13 Å². The molecule has 0 aliphatic heterocycles. The summed E-state index contributed by atoms with van der Waals surface area (Å²) >= 11 is 2.94. The van der Waals surface area contributed by atoms with Gasteiger partial charge in [-0.2, -0.15) is 0 Å². The highest BCUT2D eigenvalue weighted by atomic mass is 32.1. The van der Waals surface area contributed by atoms with Gasteiger partial charge in [-0.3, -0.25) is 9.69 Å². The second-order valence-electron chi connectivity index (χ2n) is 6.24. The predicted molar refractivity (Wildman–Crippen MR) is 108 cm³/mol. The number of methoxy groups -OCH3 is 1. The third-order valence-corrected chi connectivity index (χ3v) is 6.03. The SMILES string of the molecule is COc1ccc2nc(N(CCN(C)C)C(=O)c3sc(C)nc3C)sc2c1. The Kier molecular flexibility index (Phi) is 5.55. The first-order valence-corrected chi connectivity index (χ1v) is 9.87. The van der Waals surface area contributed by atoms with Crippen molar-refractivity contribution in [1.29, 1.82) is 0 Å². The van der Waals surface area contributed by atoms with Crippen molar-refractivity contribution in [2.75, 3.05) is 39.2 Å². The number of thiazole rings is 2. The lowest BCUT2D eigenvalue weighted by atomic mass is 10.3. The molecule has 2 heterocycles. The number of hydrogen-bond acceptors (Lipinski definition) is 7. The van der Waals surface area contributed by atoms with Crippen molar-refractivity contribution < 1.29 is 9.53 Å². The number of carbonyl (C=O) groups excluding carboxylic acids is 1. The lowest BCUT2D eigenvalue weighted by molar-refractivity contribution is 0.0988. The number of anilines is 1. The molecule has 0 aliphatic rings. The van der Waals surface area contributed by atoms with E-state index < -0.39 is 0 Å². The van der Waals surface area contributed by atoms with Crippen LogP contribution in [0.1, 0.15) is 20.4 Å². The molecule has 0 unspecified atom stereocenters. The van der Waals surface area contributed by atoms with Crippen LogP contribution in [-0.4, -0.2) is 55.1 Å². The van der Waals surface area contributed by atoms with Gasteiger partial charge in [0.15, 0.2) is 5.13 Å². The minimum Gasteiger partial charge on any atom is -0.497 e. The van der Waals surface area contributed by atoms with Gasteiger partial charge in [-0.1, -0.05) is 11.3 Å². The van der Waals surface area contributed by atoms with Gasteiger partial charge < -0.3 is 9.64 Å². The summed E-state index contributed by atoms with van der Waals surface area (Å²) in [5, 5.41) is 1.60. The van der Waals surface area contributed by atoms with Gasteiger partial charge in [0.05, 0.1) is 28.0 Å². The Morgan fingerprint density at radius 1 is 1.15 bits per heavy atom. The fraction of sp³-hybridized carbons (Fsp3) is 0.389. The number of carbonyl (C=O) groups is 1. The van der Waals surface area contributed by atoms with Gasteiger partial charge >= 0.3 is 0 Å². The summed E-state index contributed by atoms with van der Waals surface area (Å²) in [5.74, 6) is 0.744. The van der Waals surface area contributed by atoms with Crippen LogP contribution >= 0.6 is 22.7 Å². The molecule has 0 saturated carbocycles. The van der Waals surface area contributed by atoms with Crippen LogP contribution in [0.2, 0.25) is 0 Å². The molecule has 0 bridgehead atoms. The molecule has 6 nitrogen and oxygen atoms in total. The van der Waals surface area contributed by atoms with E-state index in [-0.39, 0.29) is 5.91 Å². The van der Waals surface area contributed by atoms with Crippen molar-refractivity contribution in [3.8, 4) is 5.75 Å². The average molecular weight is 391 g/mol. The van der Waals surface area contributed by atoms with E-state index in [4.69, 9.17) is 4.74 Å². The zero-order chi connectivity index (χ0) is 18.8. The number of ether oxygens (including phenoxy) is 1. The highest BCUT2D eigenvalue weighted by Crippen LogP contribution is 2.33. The van der Waals surface area contributed by atoms with Gasteiger partial charge in [-0.15, -0.1) is 11.3 Å². The summed E-state index contributed by atoms with van der Waals surface area (Å²) < 4.78 is 6.29. The molecule has 0 N–H and O–H groups in total. The first-order chi connectivity index (χ1) is 12.4. The van der Waals surface area contributed by atoms with E-state index in [1.165, 1.54) is 22.7 Å². The van der Waals surface area contributed by atoms with Crippen LogP contribution in [0.15, 0.2) is 18.2 Å². The Morgan fingerprint density at radius 3 is 2.54 bits per heavy atom. The van der Waals surface area contributed by atoms with Gasteiger partial charge in [0.1, 0.15) is 10.6 Å². The average Bonchev–Trinajstić information content (AvgIpc) is 3.16. The van der Waals surface area contributed by atoms with Crippen molar-refractivity contribution in [3.63, 3.8) is 0 Å². The standard InChI is InChI=1S/C18H22N4O2S2/c1-11-16(25-12(2)19-11)17(23)22(9-8-21(3)4)18-20-14-7-6-13(24-5)10-15(14)26-18/h6-7,10H,8-9H2,1-5H3. The minimum absolute atomic E-state index is 0.0408. The summed E-state index contributed by atoms with van der Waals surface area (Å²) in [7, 11) is 5.63. The highest BCUT2D eigenvalue weighted by molar-refractivity contribution is 7.22. The Balaban J connectivity index is 2.00. The summed E-state index contributed by atoms with van der Waals surface area (Å²) in [4.78, 5) is 26.8.